The van der Waals surface area contributed by atoms with Gasteiger partial charge in [-0.15, -0.1) is 11.8 Å². The van der Waals surface area contributed by atoms with Crippen LogP contribution in [-0.4, -0.2) is 28.4 Å². The lowest BCUT2D eigenvalue weighted by atomic mass is 10.2. The number of amides is 1. The van der Waals surface area contributed by atoms with Gasteiger partial charge in [-0.1, -0.05) is 12.1 Å². The molecular weight excluding hydrogens is 423 g/mol. The molecule has 2 aromatic heterocycles. The molecule has 0 aliphatic carbocycles. The molecule has 3 heterocycles. The van der Waals surface area contributed by atoms with E-state index in [1.165, 1.54) is 6.07 Å². The molecule has 0 unspecified atom stereocenters. The lowest BCUT2D eigenvalue weighted by molar-refractivity contribution is 0.102. The van der Waals surface area contributed by atoms with E-state index >= 15 is 0 Å². The average molecular weight is 447 g/mol. The zero-order valence-corrected chi connectivity index (χ0v) is 18.3. The minimum atomic E-state index is -0.414. The van der Waals surface area contributed by atoms with Crippen molar-refractivity contribution in [3.05, 3.63) is 90.1 Å². The highest BCUT2D eigenvalue weighted by Gasteiger charge is 2.20. The quantitative estimate of drug-likeness (QED) is 0.391. The van der Waals surface area contributed by atoms with Gasteiger partial charge in [0.1, 0.15) is 17.2 Å². The Morgan fingerprint density at radius 1 is 1.03 bits per heavy atom. The predicted octanol–water partition coefficient (Wildman–Crippen LogP) is 5.62. The molecule has 0 atom stereocenters. The van der Waals surface area contributed by atoms with Crippen molar-refractivity contribution in [2.75, 3.05) is 23.3 Å². The van der Waals surface area contributed by atoms with Gasteiger partial charge in [0, 0.05) is 41.7 Å². The van der Waals surface area contributed by atoms with Gasteiger partial charge in [0.05, 0.1) is 11.4 Å². The van der Waals surface area contributed by atoms with Gasteiger partial charge in [0.15, 0.2) is 0 Å². The number of para-hydroxylation sites is 1. The Labute approximate surface area is 190 Å². The summed E-state index contributed by atoms with van der Waals surface area (Å²) < 4.78 is 16.5. The maximum atomic E-state index is 14.5. The van der Waals surface area contributed by atoms with Crippen LogP contribution in [0.2, 0.25) is 0 Å². The van der Waals surface area contributed by atoms with Crippen LogP contribution in [0.5, 0.6) is 0 Å². The Morgan fingerprint density at radius 2 is 1.84 bits per heavy atom. The van der Waals surface area contributed by atoms with Crippen LogP contribution in [0, 0.1) is 5.82 Å². The number of pyridine rings is 1. The smallest absolute Gasteiger partial charge is 0.255 e. The summed E-state index contributed by atoms with van der Waals surface area (Å²) in [4.78, 5) is 20.6. The Kier molecular flexibility index (Phi) is 5.81. The van der Waals surface area contributed by atoms with Crippen LogP contribution in [0.1, 0.15) is 28.9 Å². The van der Waals surface area contributed by atoms with Gasteiger partial charge in [-0.2, -0.15) is 0 Å². The lowest BCUT2D eigenvalue weighted by Crippen LogP contribution is -2.22. The van der Waals surface area contributed by atoms with Gasteiger partial charge >= 0.3 is 0 Å². The highest BCUT2D eigenvalue weighted by molar-refractivity contribution is 7.98. The number of hydrogen-bond acceptors (Lipinski definition) is 4. The summed E-state index contributed by atoms with van der Waals surface area (Å²) in [5.74, 6) is 0.0107. The Balaban J connectivity index is 1.25. The van der Waals surface area contributed by atoms with Gasteiger partial charge < -0.3 is 14.6 Å². The van der Waals surface area contributed by atoms with E-state index in [1.807, 2.05) is 53.2 Å². The molecular formula is C25H23FN4OS. The highest BCUT2D eigenvalue weighted by atomic mass is 32.2. The van der Waals surface area contributed by atoms with Crippen LogP contribution < -0.4 is 10.2 Å². The monoisotopic (exact) mass is 446 g/mol. The molecule has 1 saturated heterocycles. The van der Waals surface area contributed by atoms with Crippen LogP contribution in [-0.2, 0) is 5.75 Å². The molecule has 5 rings (SSSR count). The number of rotatable bonds is 6. The second-order valence-corrected chi connectivity index (χ2v) is 8.84. The number of hydrogen-bond donors (Lipinski definition) is 1. The second kappa shape index (κ2) is 9.04. The van der Waals surface area contributed by atoms with E-state index in [9.17, 15) is 9.18 Å². The molecule has 32 heavy (non-hydrogen) atoms. The maximum absolute atomic E-state index is 14.5. The number of carbonyl (C=O) groups excluding carboxylic acids is 1. The van der Waals surface area contributed by atoms with Gasteiger partial charge in [0.25, 0.3) is 5.91 Å². The number of nitrogens with one attached hydrogen (secondary N) is 1. The first kappa shape index (κ1) is 20.6. The number of nitrogens with zero attached hydrogens (tertiary/aromatic N) is 3. The van der Waals surface area contributed by atoms with Gasteiger partial charge in [-0.25, -0.2) is 9.37 Å². The molecule has 0 radical (unpaired) electrons. The molecule has 7 heteroatoms. The van der Waals surface area contributed by atoms with E-state index in [-0.39, 0.29) is 11.6 Å². The third kappa shape index (κ3) is 4.34. The number of thioether (sulfide) groups is 1. The number of benzene rings is 2. The number of fused-ring (bicyclic) bond motifs is 1. The largest absolute Gasteiger partial charge is 0.370 e. The summed E-state index contributed by atoms with van der Waals surface area (Å²) >= 11 is 1.66. The lowest BCUT2D eigenvalue weighted by Gasteiger charge is -2.22. The minimum Gasteiger partial charge on any atom is -0.370 e. The third-order valence-corrected chi connectivity index (χ3v) is 6.64. The third-order valence-electron chi connectivity index (χ3n) is 5.59. The first-order valence-electron chi connectivity index (χ1n) is 10.7. The summed E-state index contributed by atoms with van der Waals surface area (Å²) in [5, 5.41) is 2.79. The average Bonchev–Trinajstić information content (AvgIpc) is 3.49. The zero-order chi connectivity index (χ0) is 21.9. The number of halogens is 1. The predicted molar refractivity (Wildman–Crippen MR) is 127 cm³/mol. The fourth-order valence-electron chi connectivity index (χ4n) is 3.96. The Morgan fingerprint density at radius 3 is 2.62 bits per heavy atom. The molecule has 1 aliphatic rings. The van der Waals surface area contributed by atoms with E-state index < -0.39 is 5.82 Å². The van der Waals surface area contributed by atoms with Crippen molar-refractivity contribution in [2.24, 2.45) is 0 Å². The van der Waals surface area contributed by atoms with Gasteiger partial charge in [0.2, 0.25) is 0 Å². The second-order valence-electron chi connectivity index (χ2n) is 7.79. The van der Waals surface area contributed by atoms with E-state index in [2.05, 4.69) is 15.2 Å². The van der Waals surface area contributed by atoms with Crippen LogP contribution >= 0.6 is 11.8 Å². The van der Waals surface area contributed by atoms with E-state index in [1.54, 1.807) is 30.0 Å². The molecule has 0 saturated carbocycles. The Hall–Kier alpha value is -3.32. The van der Waals surface area contributed by atoms with E-state index in [0.717, 1.165) is 53.6 Å². The molecule has 5 nitrogen and oxygen atoms in total. The summed E-state index contributed by atoms with van der Waals surface area (Å²) in [7, 11) is 0. The van der Waals surface area contributed by atoms with Crippen molar-refractivity contribution in [3.8, 4) is 0 Å². The van der Waals surface area contributed by atoms with Crippen molar-refractivity contribution >= 4 is 34.7 Å². The van der Waals surface area contributed by atoms with Crippen molar-refractivity contribution in [2.45, 2.75) is 23.5 Å². The number of carbonyl (C=O) groups is 1. The summed E-state index contributed by atoms with van der Waals surface area (Å²) in [6.45, 7) is 1.76. The number of aromatic nitrogens is 2. The molecule has 1 N–H and O–H groups in total. The van der Waals surface area contributed by atoms with Crippen LogP contribution in [0.4, 0.5) is 15.8 Å². The minimum absolute atomic E-state index is 0.254. The highest BCUT2D eigenvalue weighted by Crippen LogP contribution is 2.32. The van der Waals surface area contributed by atoms with Crippen LogP contribution in [0.3, 0.4) is 0 Å². The summed E-state index contributed by atoms with van der Waals surface area (Å²) in [5.41, 5.74) is 3.42. The van der Waals surface area contributed by atoms with Gasteiger partial charge in [-0.05, 0) is 61.4 Å². The van der Waals surface area contributed by atoms with Crippen molar-refractivity contribution in [1.29, 1.82) is 0 Å². The van der Waals surface area contributed by atoms with Crippen LogP contribution in [0.15, 0.2) is 78.0 Å². The first-order valence-corrected chi connectivity index (χ1v) is 11.7. The maximum Gasteiger partial charge on any atom is 0.255 e. The van der Waals surface area contributed by atoms with Crippen molar-refractivity contribution in [3.63, 3.8) is 0 Å². The molecule has 1 fully saturated rings. The van der Waals surface area contributed by atoms with Crippen LogP contribution in [0.25, 0.3) is 5.65 Å². The van der Waals surface area contributed by atoms with Crippen molar-refractivity contribution in [1.82, 2.24) is 9.38 Å². The summed E-state index contributed by atoms with van der Waals surface area (Å²) in [6.07, 6.45) is 6.17. The first-order chi connectivity index (χ1) is 15.7. The molecule has 162 valence electrons. The molecule has 0 bridgehead atoms. The SMILES string of the molecule is O=C(Nc1c(F)cccc1N1CCCC1)c1ccc(SCc2cn3ccccc3n2)cc1. The Bertz CT molecular complexity index is 1220. The molecule has 0 spiro atoms. The fraction of sp³-hybridized carbons (Fsp3) is 0.200. The molecule has 4 aromatic rings. The molecule has 1 aliphatic heterocycles. The molecule has 2 aromatic carbocycles. The standard InChI is InChI=1S/C25H23FN4OS/c26-21-6-5-7-22(29-13-3-4-14-29)24(21)28-25(31)18-9-11-20(12-10-18)32-17-19-16-30-15-2-1-8-23(30)27-19/h1-2,5-12,15-16H,3-4,13-14,17H2,(H,28,31). The topological polar surface area (TPSA) is 49.6 Å². The zero-order valence-electron chi connectivity index (χ0n) is 17.5. The van der Waals surface area contributed by atoms with E-state index in [0.29, 0.717) is 5.56 Å². The summed E-state index contributed by atoms with van der Waals surface area (Å²) in [6, 6.07) is 18.2. The van der Waals surface area contributed by atoms with Crippen molar-refractivity contribution < 1.29 is 9.18 Å². The normalized spacial score (nSPS) is 13.6. The number of anilines is 2. The number of imidazole rings is 1. The van der Waals surface area contributed by atoms with Gasteiger partial charge in [-0.3, -0.25) is 4.79 Å². The van der Waals surface area contributed by atoms with E-state index in [4.69, 9.17) is 0 Å². The molecule has 1 amide bonds. The fourth-order valence-corrected chi connectivity index (χ4v) is 4.74.